The number of rotatable bonds is 3. The second-order valence-electron chi connectivity index (χ2n) is 7.49. The zero-order valence-corrected chi connectivity index (χ0v) is 15.8. The highest BCUT2D eigenvalue weighted by molar-refractivity contribution is 5.54. The van der Waals surface area contributed by atoms with Crippen LogP contribution in [0.2, 0.25) is 0 Å². The Balaban J connectivity index is 1.33. The standard InChI is InChI=1S/C21H20FN7/c22-16-4-1-5-17(11-16)29-14-19(25-26-29)20-7-6-18-13-27(9-10-28(18)20)21-15(12-23)3-2-8-24-21/h1-5,8,11,14,18,20H,6-7,9-10,13H2/t18-,20+/m0/s1. The van der Waals surface area contributed by atoms with Gasteiger partial charge >= 0.3 is 0 Å². The number of hydrogen-bond donors (Lipinski definition) is 0. The zero-order chi connectivity index (χ0) is 19.8. The van der Waals surface area contributed by atoms with E-state index in [0.717, 1.165) is 44.0 Å². The summed E-state index contributed by atoms with van der Waals surface area (Å²) in [7, 11) is 0. The molecule has 0 radical (unpaired) electrons. The van der Waals surface area contributed by atoms with Gasteiger partial charge in [-0.1, -0.05) is 11.3 Å². The van der Waals surface area contributed by atoms with Crippen molar-refractivity contribution in [2.75, 3.05) is 24.5 Å². The second kappa shape index (κ2) is 7.26. The Bertz CT molecular complexity index is 1070. The van der Waals surface area contributed by atoms with E-state index in [0.29, 0.717) is 17.3 Å². The third kappa shape index (κ3) is 3.23. The summed E-state index contributed by atoms with van der Waals surface area (Å²) in [6.07, 6.45) is 5.71. The molecule has 0 spiro atoms. The summed E-state index contributed by atoms with van der Waals surface area (Å²) in [5.74, 6) is 0.484. The van der Waals surface area contributed by atoms with E-state index in [-0.39, 0.29) is 11.9 Å². The quantitative estimate of drug-likeness (QED) is 0.686. The Hall–Kier alpha value is -3.31. The molecule has 29 heavy (non-hydrogen) atoms. The first-order valence-electron chi connectivity index (χ1n) is 9.77. The lowest BCUT2D eigenvalue weighted by Crippen LogP contribution is -2.51. The van der Waals surface area contributed by atoms with Gasteiger partial charge in [0.05, 0.1) is 23.5 Å². The van der Waals surface area contributed by atoms with Crippen LogP contribution >= 0.6 is 0 Å². The summed E-state index contributed by atoms with van der Waals surface area (Å²) in [4.78, 5) is 9.13. The fourth-order valence-corrected chi connectivity index (χ4v) is 4.47. The van der Waals surface area contributed by atoms with Crippen LogP contribution in [0, 0.1) is 17.1 Å². The Morgan fingerprint density at radius 1 is 1.14 bits per heavy atom. The number of piperazine rings is 1. The number of aromatic nitrogens is 4. The van der Waals surface area contributed by atoms with Crippen molar-refractivity contribution in [2.24, 2.45) is 0 Å². The van der Waals surface area contributed by atoms with Gasteiger partial charge in [0.15, 0.2) is 0 Å². The summed E-state index contributed by atoms with van der Waals surface area (Å²) < 4.78 is 15.1. The van der Waals surface area contributed by atoms with E-state index in [9.17, 15) is 9.65 Å². The highest BCUT2D eigenvalue weighted by Gasteiger charge is 2.39. The number of benzene rings is 1. The molecule has 2 atom stereocenters. The summed E-state index contributed by atoms with van der Waals surface area (Å²) in [5.41, 5.74) is 2.21. The van der Waals surface area contributed by atoms with Crippen LogP contribution in [0.4, 0.5) is 10.2 Å². The van der Waals surface area contributed by atoms with Gasteiger partial charge < -0.3 is 4.90 Å². The topological polar surface area (TPSA) is 73.9 Å². The first-order valence-corrected chi connectivity index (χ1v) is 9.77. The molecule has 0 unspecified atom stereocenters. The van der Waals surface area contributed by atoms with E-state index in [1.54, 1.807) is 23.0 Å². The lowest BCUT2D eigenvalue weighted by atomic mass is 10.1. The van der Waals surface area contributed by atoms with Gasteiger partial charge in [0.2, 0.25) is 0 Å². The van der Waals surface area contributed by atoms with Gasteiger partial charge in [-0.25, -0.2) is 14.1 Å². The molecule has 8 heteroatoms. The van der Waals surface area contributed by atoms with Crippen LogP contribution in [-0.4, -0.2) is 50.6 Å². The van der Waals surface area contributed by atoms with Gasteiger partial charge in [0.25, 0.3) is 0 Å². The molecule has 1 aromatic carbocycles. The molecule has 0 aliphatic carbocycles. The van der Waals surface area contributed by atoms with Crippen LogP contribution in [0.5, 0.6) is 0 Å². The van der Waals surface area contributed by atoms with Gasteiger partial charge in [-0.2, -0.15) is 5.26 Å². The minimum Gasteiger partial charge on any atom is -0.353 e. The average molecular weight is 389 g/mol. The van der Waals surface area contributed by atoms with E-state index in [4.69, 9.17) is 0 Å². The maximum Gasteiger partial charge on any atom is 0.146 e. The predicted molar refractivity (Wildman–Crippen MR) is 105 cm³/mol. The van der Waals surface area contributed by atoms with Gasteiger partial charge in [-0.15, -0.1) is 5.10 Å². The maximum atomic E-state index is 13.5. The second-order valence-corrected chi connectivity index (χ2v) is 7.49. The molecule has 2 saturated heterocycles. The Kier molecular flexibility index (Phi) is 4.45. The van der Waals surface area contributed by atoms with Crippen LogP contribution < -0.4 is 4.90 Å². The van der Waals surface area contributed by atoms with Gasteiger partial charge in [0.1, 0.15) is 23.4 Å². The summed E-state index contributed by atoms with van der Waals surface area (Å²) >= 11 is 0. The molecule has 2 aliphatic heterocycles. The van der Waals surface area contributed by atoms with Crippen LogP contribution in [0.15, 0.2) is 48.8 Å². The van der Waals surface area contributed by atoms with Crippen LogP contribution in [-0.2, 0) is 0 Å². The number of halogens is 1. The summed E-state index contributed by atoms with van der Waals surface area (Å²) in [6, 6.07) is 12.8. The first kappa shape index (κ1) is 17.8. The normalized spacial score (nSPS) is 21.7. The fourth-order valence-electron chi connectivity index (χ4n) is 4.47. The Labute approximate surface area is 168 Å². The molecule has 2 aliphatic rings. The van der Waals surface area contributed by atoms with E-state index in [1.807, 2.05) is 18.3 Å². The molecular formula is C21H20FN7. The number of pyridine rings is 1. The van der Waals surface area contributed by atoms with Crippen molar-refractivity contribution in [3.8, 4) is 11.8 Å². The van der Waals surface area contributed by atoms with Crippen molar-refractivity contribution in [1.82, 2.24) is 24.9 Å². The zero-order valence-electron chi connectivity index (χ0n) is 15.8. The van der Waals surface area contributed by atoms with Gasteiger partial charge in [-0.3, -0.25) is 4.90 Å². The van der Waals surface area contributed by atoms with Crippen molar-refractivity contribution in [3.63, 3.8) is 0 Å². The Morgan fingerprint density at radius 3 is 2.93 bits per heavy atom. The summed E-state index contributed by atoms with van der Waals surface area (Å²) in [5, 5.41) is 18.0. The molecule has 0 N–H and O–H groups in total. The number of nitrogens with zero attached hydrogens (tertiary/aromatic N) is 7. The highest BCUT2D eigenvalue weighted by Crippen LogP contribution is 2.38. The molecule has 2 fully saturated rings. The van der Waals surface area contributed by atoms with Crippen LogP contribution in [0.1, 0.15) is 30.1 Å². The SMILES string of the molecule is N#Cc1cccnc1N1CCN2[C@@H](CC[C@@H]2c2cn(-c3cccc(F)c3)nn2)C1. The number of anilines is 1. The molecule has 0 bridgehead atoms. The fraction of sp³-hybridized carbons (Fsp3) is 0.333. The van der Waals surface area contributed by atoms with Crippen molar-refractivity contribution >= 4 is 5.82 Å². The average Bonchev–Trinajstić information content (AvgIpc) is 3.40. The smallest absolute Gasteiger partial charge is 0.146 e. The van der Waals surface area contributed by atoms with Crippen molar-refractivity contribution in [2.45, 2.75) is 24.9 Å². The van der Waals surface area contributed by atoms with Crippen molar-refractivity contribution in [3.05, 3.63) is 65.9 Å². The summed E-state index contributed by atoms with van der Waals surface area (Å²) in [6.45, 7) is 2.54. The number of fused-ring (bicyclic) bond motifs is 1. The third-order valence-electron chi connectivity index (χ3n) is 5.83. The predicted octanol–water partition coefficient (Wildman–Crippen LogP) is 2.70. The molecule has 3 aromatic rings. The van der Waals surface area contributed by atoms with Gasteiger partial charge in [-0.05, 0) is 43.2 Å². The van der Waals surface area contributed by atoms with E-state index in [1.165, 1.54) is 12.1 Å². The van der Waals surface area contributed by atoms with Crippen LogP contribution in [0.3, 0.4) is 0 Å². The largest absolute Gasteiger partial charge is 0.353 e. The van der Waals surface area contributed by atoms with Crippen molar-refractivity contribution < 1.29 is 4.39 Å². The number of hydrogen-bond acceptors (Lipinski definition) is 6. The molecule has 2 aromatic heterocycles. The maximum absolute atomic E-state index is 13.5. The minimum absolute atomic E-state index is 0.212. The minimum atomic E-state index is -0.289. The lowest BCUT2D eigenvalue weighted by Gasteiger charge is -2.40. The molecule has 4 heterocycles. The molecule has 5 rings (SSSR count). The Morgan fingerprint density at radius 2 is 2.07 bits per heavy atom. The first-order chi connectivity index (χ1) is 14.2. The third-order valence-corrected chi connectivity index (χ3v) is 5.83. The van der Waals surface area contributed by atoms with E-state index < -0.39 is 0 Å². The number of nitriles is 1. The van der Waals surface area contributed by atoms with E-state index >= 15 is 0 Å². The molecule has 0 amide bonds. The van der Waals surface area contributed by atoms with E-state index in [2.05, 4.69) is 31.2 Å². The van der Waals surface area contributed by atoms with Crippen LogP contribution in [0.25, 0.3) is 5.69 Å². The molecule has 146 valence electrons. The molecule has 0 saturated carbocycles. The molecular weight excluding hydrogens is 369 g/mol. The monoisotopic (exact) mass is 389 g/mol. The van der Waals surface area contributed by atoms with Gasteiger partial charge in [0, 0.05) is 31.9 Å². The lowest BCUT2D eigenvalue weighted by molar-refractivity contribution is 0.173. The van der Waals surface area contributed by atoms with Crippen molar-refractivity contribution in [1.29, 1.82) is 5.26 Å². The molecule has 7 nitrogen and oxygen atoms in total. The highest BCUT2D eigenvalue weighted by atomic mass is 19.1.